The van der Waals surface area contributed by atoms with Crippen LogP contribution in [0.5, 0.6) is 0 Å². The molecule has 2 fully saturated rings. The molecule has 0 aromatic carbocycles. The fraction of sp³-hybridized carbons (Fsp3) is 0.875. The first kappa shape index (κ1) is 17.7. The first-order valence-electron chi connectivity index (χ1n) is 8.96. The minimum atomic E-state index is -0.189. The topological polar surface area (TPSA) is 73.1 Å². The lowest BCUT2D eigenvalue weighted by Gasteiger charge is -2.32. The summed E-state index contributed by atoms with van der Waals surface area (Å²) < 4.78 is 7.42. The first-order valence-corrected chi connectivity index (χ1v) is 9.84. The van der Waals surface area contributed by atoms with Crippen molar-refractivity contribution in [3.63, 3.8) is 0 Å². The maximum Gasteiger partial charge on any atom is 0.235 e. The van der Waals surface area contributed by atoms with Crippen LogP contribution in [0.15, 0.2) is 5.16 Å². The largest absolute Gasteiger partial charge is 0.376 e. The van der Waals surface area contributed by atoms with Gasteiger partial charge < -0.3 is 9.64 Å². The lowest BCUT2D eigenvalue weighted by molar-refractivity contribution is -0.131. The van der Waals surface area contributed by atoms with Crippen LogP contribution in [0.3, 0.4) is 0 Å². The van der Waals surface area contributed by atoms with Crippen molar-refractivity contribution in [2.24, 2.45) is 0 Å². The summed E-state index contributed by atoms with van der Waals surface area (Å²) in [4.78, 5) is 14.7. The van der Waals surface area contributed by atoms with E-state index >= 15 is 0 Å². The fourth-order valence-corrected chi connectivity index (χ4v) is 4.42. The smallest absolute Gasteiger partial charge is 0.235 e. The Hall–Kier alpha value is -1.15. The molecule has 1 saturated heterocycles. The number of aromatic nitrogens is 4. The number of ether oxygens (including phenoxy) is 1. The Balaban J connectivity index is 1.56. The highest BCUT2D eigenvalue weighted by Crippen LogP contribution is 2.26. The van der Waals surface area contributed by atoms with E-state index in [1.54, 1.807) is 4.68 Å². The molecule has 0 radical (unpaired) electrons. The van der Waals surface area contributed by atoms with Gasteiger partial charge in [0.1, 0.15) is 0 Å². The lowest BCUT2D eigenvalue weighted by atomic mass is 9.94. The number of hydrogen-bond acceptors (Lipinski definition) is 6. The van der Waals surface area contributed by atoms with Gasteiger partial charge in [-0.05, 0) is 43.0 Å². The van der Waals surface area contributed by atoms with Crippen molar-refractivity contribution in [2.45, 2.75) is 81.0 Å². The quantitative estimate of drug-likeness (QED) is 0.730. The Labute approximate surface area is 147 Å². The predicted molar refractivity (Wildman–Crippen MR) is 91.8 cm³/mol. The molecule has 2 unspecified atom stereocenters. The summed E-state index contributed by atoms with van der Waals surface area (Å²) in [5.41, 5.74) is 0. The van der Waals surface area contributed by atoms with Gasteiger partial charge >= 0.3 is 0 Å². The molecule has 0 spiro atoms. The van der Waals surface area contributed by atoms with Gasteiger partial charge in [0.15, 0.2) is 0 Å². The maximum absolute atomic E-state index is 12.7. The molecular weight excluding hydrogens is 326 g/mol. The van der Waals surface area contributed by atoms with Gasteiger partial charge in [0.2, 0.25) is 11.1 Å². The van der Waals surface area contributed by atoms with E-state index in [1.807, 2.05) is 18.9 Å². The second-order valence-electron chi connectivity index (χ2n) is 6.78. The molecule has 3 rings (SSSR count). The van der Waals surface area contributed by atoms with Crippen LogP contribution in [0.25, 0.3) is 0 Å². The summed E-state index contributed by atoms with van der Waals surface area (Å²) in [7, 11) is 1.94. The zero-order valence-electron chi connectivity index (χ0n) is 14.6. The van der Waals surface area contributed by atoms with E-state index in [4.69, 9.17) is 4.74 Å². The Morgan fingerprint density at radius 2 is 2.12 bits per heavy atom. The molecule has 1 aromatic rings. The number of carbonyl (C=O) groups excluding carboxylic acids is 1. The SMILES string of the molecule is CC(Sc1nnnn1CC1CCCO1)C(=O)N(C)C1CCCCC1. The number of amides is 1. The first-order chi connectivity index (χ1) is 11.6. The summed E-state index contributed by atoms with van der Waals surface area (Å²) in [6, 6.07) is 0.386. The van der Waals surface area contributed by atoms with Crippen LogP contribution < -0.4 is 0 Å². The minimum Gasteiger partial charge on any atom is -0.376 e. The molecule has 0 bridgehead atoms. The third-order valence-corrected chi connectivity index (χ3v) is 6.06. The predicted octanol–water partition coefficient (Wildman–Crippen LogP) is 2.12. The highest BCUT2D eigenvalue weighted by Gasteiger charge is 2.28. The highest BCUT2D eigenvalue weighted by molar-refractivity contribution is 8.00. The highest BCUT2D eigenvalue weighted by atomic mass is 32.2. The average molecular weight is 353 g/mol. The molecule has 134 valence electrons. The summed E-state index contributed by atoms with van der Waals surface area (Å²) in [5.74, 6) is 0.165. The van der Waals surface area contributed by atoms with Gasteiger partial charge in [-0.2, -0.15) is 0 Å². The van der Waals surface area contributed by atoms with Gasteiger partial charge in [0.05, 0.1) is 17.9 Å². The van der Waals surface area contributed by atoms with Crippen molar-refractivity contribution < 1.29 is 9.53 Å². The normalized spacial score (nSPS) is 23.3. The van der Waals surface area contributed by atoms with Crippen molar-refractivity contribution >= 4 is 17.7 Å². The van der Waals surface area contributed by atoms with Crippen LogP contribution in [0, 0.1) is 0 Å². The van der Waals surface area contributed by atoms with E-state index in [0.29, 0.717) is 17.7 Å². The molecule has 1 aliphatic carbocycles. The third kappa shape index (κ3) is 4.27. The van der Waals surface area contributed by atoms with Crippen molar-refractivity contribution in [1.82, 2.24) is 25.1 Å². The van der Waals surface area contributed by atoms with Gasteiger partial charge in [-0.15, -0.1) is 5.10 Å². The van der Waals surface area contributed by atoms with E-state index in [1.165, 1.54) is 31.0 Å². The van der Waals surface area contributed by atoms with Crippen LogP contribution in [0.1, 0.15) is 51.9 Å². The summed E-state index contributed by atoms with van der Waals surface area (Å²) >= 11 is 1.44. The lowest BCUT2D eigenvalue weighted by Crippen LogP contribution is -2.42. The van der Waals surface area contributed by atoms with Gasteiger partial charge in [0, 0.05) is 19.7 Å². The molecule has 0 N–H and O–H groups in total. The van der Waals surface area contributed by atoms with Crippen LogP contribution >= 0.6 is 11.8 Å². The molecule has 2 atom stereocenters. The van der Waals surface area contributed by atoms with E-state index in [9.17, 15) is 4.79 Å². The van der Waals surface area contributed by atoms with Crippen molar-refractivity contribution in [3.05, 3.63) is 0 Å². The van der Waals surface area contributed by atoms with Crippen molar-refractivity contribution in [2.75, 3.05) is 13.7 Å². The summed E-state index contributed by atoms with van der Waals surface area (Å²) in [5, 5.41) is 12.4. The molecule has 8 heteroatoms. The van der Waals surface area contributed by atoms with Gasteiger partial charge in [-0.25, -0.2) is 4.68 Å². The van der Waals surface area contributed by atoms with Gasteiger partial charge in [-0.3, -0.25) is 4.79 Å². The average Bonchev–Trinajstić information content (AvgIpc) is 3.27. The Morgan fingerprint density at radius 3 is 2.83 bits per heavy atom. The Bertz CT molecular complexity index is 540. The number of nitrogens with zero attached hydrogens (tertiary/aromatic N) is 5. The number of hydrogen-bond donors (Lipinski definition) is 0. The van der Waals surface area contributed by atoms with E-state index < -0.39 is 0 Å². The number of thioether (sulfide) groups is 1. The number of rotatable bonds is 6. The van der Waals surface area contributed by atoms with E-state index in [0.717, 1.165) is 32.3 Å². The van der Waals surface area contributed by atoms with Crippen molar-refractivity contribution in [1.29, 1.82) is 0 Å². The van der Waals surface area contributed by atoms with Crippen LogP contribution in [0.4, 0.5) is 0 Å². The second kappa shape index (κ2) is 8.29. The zero-order chi connectivity index (χ0) is 16.9. The molecular formula is C16H27N5O2S. The zero-order valence-corrected chi connectivity index (χ0v) is 15.4. The van der Waals surface area contributed by atoms with Crippen molar-refractivity contribution in [3.8, 4) is 0 Å². The monoisotopic (exact) mass is 353 g/mol. The molecule has 1 aliphatic heterocycles. The van der Waals surface area contributed by atoms with Crippen LogP contribution in [-0.2, 0) is 16.1 Å². The Morgan fingerprint density at radius 1 is 1.33 bits per heavy atom. The van der Waals surface area contributed by atoms with Crippen LogP contribution in [-0.4, -0.2) is 62.1 Å². The standard InChI is InChI=1S/C16H27N5O2S/c1-12(15(22)20(2)13-7-4-3-5-8-13)24-16-17-18-19-21(16)11-14-9-6-10-23-14/h12-14H,3-11H2,1-2H3. The molecule has 24 heavy (non-hydrogen) atoms. The van der Waals surface area contributed by atoms with E-state index in [-0.39, 0.29) is 17.3 Å². The number of carbonyl (C=O) groups is 1. The van der Waals surface area contributed by atoms with E-state index in [2.05, 4.69) is 15.5 Å². The molecule has 2 aliphatic rings. The summed E-state index contributed by atoms with van der Waals surface area (Å²) in [6.07, 6.45) is 8.31. The number of tetrazole rings is 1. The molecule has 1 saturated carbocycles. The molecule has 1 amide bonds. The molecule has 7 nitrogen and oxygen atoms in total. The van der Waals surface area contributed by atoms with Gasteiger partial charge in [-0.1, -0.05) is 31.0 Å². The van der Waals surface area contributed by atoms with Gasteiger partial charge in [0.25, 0.3) is 0 Å². The molecule has 1 aromatic heterocycles. The fourth-order valence-electron chi connectivity index (χ4n) is 3.52. The minimum absolute atomic E-state index is 0.165. The third-order valence-electron chi connectivity index (χ3n) is 5.00. The van der Waals surface area contributed by atoms with Crippen LogP contribution in [0.2, 0.25) is 0 Å². The Kier molecular flexibility index (Phi) is 6.10. The maximum atomic E-state index is 12.7. The summed E-state index contributed by atoms with van der Waals surface area (Å²) in [6.45, 7) is 3.42. The second-order valence-corrected chi connectivity index (χ2v) is 8.09. The molecule has 2 heterocycles.